The minimum atomic E-state index is -0.925. The van der Waals surface area contributed by atoms with Crippen molar-refractivity contribution in [2.75, 3.05) is 6.54 Å². The number of hydrogen-bond donors (Lipinski definition) is 0. The number of aromatic nitrogens is 2. The maximum absolute atomic E-state index is 14.1. The fourth-order valence-electron chi connectivity index (χ4n) is 5.33. The van der Waals surface area contributed by atoms with Gasteiger partial charge in [-0.05, 0) is 93.1 Å². The number of carbonyl (C=O) groups is 2. The average molecular weight is 514 g/mol. The summed E-state index contributed by atoms with van der Waals surface area (Å²) in [5, 5.41) is 1.09. The molecule has 1 atom stereocenters. The minimum Gasteiger partial charge on any atom is -0.443 e. The zero-order valence-electron chi connectivity index (χ0n) is 22.2. The van der Waals surface area contributed by atoms with Crippen LogP contribution in [0.25, 0.3) is 10.9 Å². The molecule has 4 aromatic rings. The molecule has 7 heteroatoms. The molecule has 0 bridgehead atoms. The Balaban J connectivity index is 1.58. The lowest BCUT2D eigenvalue weighted by Crippen LogP contribution is -2.44. The number of carbonyl (C=O) groups excluding carboxylic acids is 2. The highest BCUT2D eigenvalue weighted by Gasteiger charge is 2.51. The Labute approximate surface area is 222 Å². The van der Waals surface area contributed by atoms with Crippen molar-refractivity contribution < 1.29 is 18.7 Å². The van der Waals surface area contributed by atoms with E-state index >= 15 is 0 Å². The number of amides is 2. The van der Waals surface area contributed by atoms with Gasteiger partial charge in [0.25, 0.3) is 0 Å². The van der Waals surface area contributed by atoms with Crippen LogP contribution >= 0.6 is 0 Å². The smallest absolute Gasteiger partial charge is 0.417 e. The molecule has 5 rings (SSSR count). The van der Waals surface area contributed by atoms with Crippen molar-refractivity contribution in [3.8, 4) is 0 Å². The van der Waals surface area contributed by atoms with Gasteiger partial charge in [-0.3, -0.25) is 9.78 Å². The number of ether oxygens (including phenoxy) is 1. The summed E-state index contributed by atoms with van der Waals surface area (Å²) in [6.45, 7) is 8.29. The molecular weight excluding hydrogens is 481 g/mol. The van der Waals surface area contributed by atoms with Gasteiger partial charge in [0.15, 0.2) is 0 Å². The van der Waals surface area contributed by atoms with E-state index in [1.807, 2.05) is 18.2 Å². The number of nitrogens with zero attached hydrogens (tertiary/aromatic N) is 3. The Kier molecular flexibility index (Phi) is 6.55. The number of imide groups is 1. The first-order valence-corrected chi connectivity index (χ1v) is 12.8. The number of likely N-dealkylation sites (tertiary alicyclic amines) is 1. The van der Waals surface area contributed by atoms with Crippen molar-refractivity contribution in [1.82, 2.24) is 14.5 Å². The first-order valence-electron chi connectivity index (χ1n) is 12.8. The summed E-state index contributed by atoms with van der Waals surface area (Å²) in [5.74, 6) is -0.520. The Morgan fingerprint density at radius 3 is 2.45 bits per heavy atom. The standard InChI is InChI=1S/C31H32FN3O3/c1-21-19-34(20-23-5-8-25(32)9-6-23)27-17-24(7-10-26(21)27)31(18-22-11-14-33-15-12-22)13-16-35(28(31)36)29(37)38-30(2,3)4/h5-12,14-15,17,19H,13,16,18,20H2,1-4H3. The Bertz CT molecular complexity index is 1490. The maximum Gasteiger partial charge on any atom is 0.417 e. The van der Waals surface area contributed by atoms with Crippen LogP contribution in [0.1, 0.15) is 49.4 Å². The van der Waals surface area contributed by atoms with Gasteiger partial charge in [-0.2, -0.15) is 0 Å². The van der Waals surface area contributed by atoms with E-state index in [0.29, 0.717) is 19.4 Å². The SMILES string of the molecule is Cc1cn(Cc2ccc(F)cc2)c2cc(C3(Cc4ccncc4)CCN(C(=O)OC(C)(C)C)C3=O)ccc12. The lowest BCUT2D eigenvalue weighted by Gasteiger charge is -2.29. The molecule has 6 nitrogen and oxygen atoms in total. The van der Waals surface area contributed by atoms with Gasteiger partial charge in [-0.25, -0.2) is 14.1 Å². The van der Waals surface area contributed by atoms with E-state index in [2.05, 4.69) is 34.8 Å². The van der Waals surface area contributed by atoms with Crippen molar-refractivity contribution >= 4 is 22.9 Å². The summed E-state index contributed by atoms with van der Waals surface area (Å²) >= 11 is 0. The Morgan fingerprint density at radius 1 is 1.05 bits per heavy atom. The summed E-state index contributed by atoms with van der Waals surface area (Å²) in [6.07, 6.45) is 5.82. The molecule has 0 saturated carbocycles. The predicted octanol–water partition coefficient (Wildman–Crippen LogP) is 6.18. The molecule has 38 heavy (non-hydrogen) atoms. The molecule has 1 aliphatic rings. The van der Waals surface area contributed by atoms with E-state index in [1.54, 1.807) is 45.3 Å². The van der Waals surface area contributed by atoms with Crippen molar-refractivity contribution in [3.63, 3.8) is 0 Å². The van der Waals surface area contributed by atoms with Crippen LogP contribution in [-0.4, -0.2) is 38.6 Å². The second-order valence-electron chi connectivity index (χ2n) is 11.1. The summed E-state index contributed by atoms with van der Waals surface area (Å²) in [6, 6.07) is 16.4. The quantitative estimate of drug-likeness (QED) is 0.320. The van der Waals surface area contributed by atoms with Crippen LogP contribution in [0.5, 0.6) is 0 Å². The first kappa shape index (κ1) is 25.6. The molecule has 2 aromatic heterocycles. The number of benzene rings is 2. The third kappa shape index (κ3) is 4.93. The molecule has 0 radical (unpaired) electrons. The third-order valence-corrected chi connectivity index (χ3v) is 7.19. The molecule has 3 heterocycles. The van der Waals surface area contributed by atoms with Gasteiger partial charge in [0.05, 0.1) is 5.41 Å². The van der Waals surface area contributed by atoms with E-state index in [9.17, 15) is 14.0 Å². The molecule has 1 saturated heterocycles. The van der Waals surface area contributed by atoms with Crippen LogP contribution in [0.4, 0.5) is 9.18 Å². The summed E-state index contributed by atoms with van der Waals surface area (Å²) in [4.78, 5) is 32.4. The molecule has 2 aromatic carbocycles. The topological polar surface area (TPSA) is 64.4 Å². The van der Waals surface area contributed by atoms with Crippen molar-refractivity contribution in [2.45, 2.75) is 58.1 Å². The fraction of sp³-hybridized carbons (Fsp3) is 0.323. The zero-order valence-corrected chi connectivity index (χ0v) is 22.2. The van der Waals surface area contributed by atoms with E-state index in [0.717, 1.165) is 33.2 Å². The molecular formula is C31H32FN3O3. The lowest BCUT2D eigenvalue weighted by molar-refractivity contribution is -0.131. The highest BCUT2D eigenvalue weighted by molar-refractivity contribution is 6.01. The van der Waals surface area contributed by atoms with Gasteiger partial charge in [0.1, 0.15) is 11.4 Å². The monoisotopic (exact) mass is 513 g/mol. The molecule has 0 aliphatic carbocycles. The third-order valence-electron chi connectivity index (χ3n) is 7.19. The number of halogens is 1. The van der Waals surface area contributed by atoms with Crippen molar-refractivity contribution in [2.24, 2.45) is 0 Å². The normalized spacial score (nSPS) is 17.8. The van der Waals surface area contributed by atoms with Gasteiger partial charge < -0.3 is 9.30 Å². The van der Waals surface area contributed by atoms with Crippen molar-refractivity contribution in [3.05, 3.63) is 101 Å². The first-order chi connectivity index (χ1) is 18.1. The van der Waals surface area contributed by atoms with E-state index in [-0.39, 0.29) is 18.3 Å². The molecule has 0 N–H and O–H groups in total. The summed E-state index contributed by atoms with van der Waals surface area (Å²) in [5.41, 5.74) is 3.28. The van der Waals surface area contributed by atoms with E-state index < -0.39 is 17.1 Å². The van der Waals surface area contributed by atoms with E-state index in [1.165, 1.54) is 17.0 Å². The Morgan fingerprint density at radius 2 is 1.76 bits per heavy atom. The van der Waals surface area contributed by atoms with Gasteiger partial charge in [-0.15, -0.1) is 0 Å². The summed E-state index contributed by atoms with van der Waals surface area (Å²) in [7, 11) is 0. The largest absolute Gasteiger partial charge is 0.443 e. The molecule has 0 spiro atoms. The van der Waals surface area contributed by atoms with Gasteiger partial charge >= 0.3 is 6.09 Å². The molecule has 1 aliphatic heterocycles. The van der Waals surface area contributed by atoms with Gasteiger partial charge in [0.2, 0.25) is 5.91 Å². The second-order valence-corrected chi connectivity index (χ2v) is 11.1. The van der Waals surface area contributed by atoms with Crippen molar-refractivity contribution in [1.29, 1.82) is 0 Å². The average Bonchev–Trinajstić information content (AvgIpc) is 3.37. The Hall–Kier alpha value is -4.00. The minimum absolute atomic E-state index is 0.253. The summed E-state index contributed by atoms with van der Waals surface area (Å²) < 4.78 is 21.2. The number of hydrogen-bond acceptors (Lipinski definition) is 4. The zero-order chi connectivity index (χ0) is 27.1. The number of fused-ring (bicyclic) bond motifs is 1. The molecule has 1 unspecified atom stereocenters. The molecule has 2 amide bonds. The number of rotatable bonds is 5. The van der Waals surface area contributed by atoms with Crippen LogP contribution in [0.15, 0.2) is 73.2 Å². The van der Waals surface area contributed by atoms with Crippen LogP contribution in [0, 0.1) is 12.7 Å². The second kappa shape index (κ2) is 9.71. The van der Waals surface area contributed by atoms with E-state index in [4.69, 9.17) is 4.74 Å². The molecule has 196 valence electrons. The highest BCUT2D eigenvalue weighted by Crippen LogP contribution is 2.41. The van der Waals surface area contributed by atoms with Gasteiger partial charge in [0, 0.05) is 42.6 Å². The van der Waals surface area contributed by atoms with Crippen LogP contribution in [0.2, 0.25) is 0 Å². The fourth-order valence-corrected chi connectivity index (χ4v) is 5.33. The van der Waals surface area contributed by atoms with Crippen LogP contribution < -0.4 is 0 Å². The highest BCUT2D eigenvalue weighted by atomic mass is 19.1. The predicted molar refractivity (Wildman–Crippen MR) is 144 cm³/mol. The maximum atomic E-state index is 14.1. The van der Waals surface area contributed by atoms with Crippen LogP contribution in [0.3, 0.4) is 0 Å². The molecule has 1 fully saturated rings. The lowest BCUT2D eigenvalue weighted by atomic mass is 9.74. The van der Waals surface area contributed by atoms with Gasteiger partial charge in [-0.1, -0.05) is 24.3 Å². The number of pyridine rings is 1. The number of aryl methyl sites for hydroxylation is 1. The van der Waals surface area contributed by atoms with Crippen LogP contribution in [-0.2, 0) is 27.9 Å².